The molecule has 230 valence electrons. The number of fused-ring (bicyclic) bond motifs is 1. The number of imidazole rings is 1. The Balaban J connectivity index is 1.24. The third-order valence-corrected chi connectivity index (χ3v) is 8.67. The molecule has 0 bridgehead atoms. The van der Waals surface area contributed by atoms with Crippen molar-refractivity contribution in [2.75, 3.05) is 0 Å². The molecule has 3 aromatic heterocycles. The van der Waals surface area contributed by atoms with Crippen LogP contribution in [0.5, 0.6) is 0 Å². The lowest BCUT2D eigenvalue weighted by Gasteiger charge is -2.33. The molecule has 8 nitrogen and oxygen atoms in total. The highest BCUT2D eigenvalue weighted by Crippen LogP contribution is 2.43. The SMILES string of the molecule is O=C(CCC(F)(F)F)N[C@@H](c1cnn2cc([C@@H](NC(=O)c3cncc(C4CC4)c3)C3CCC(F)(F)CC3)nc2c1)C1CC1. The first-order valence-electron chi connectivity index (χ1n) is 14.8. The Bertz CT molecular complexity index is 1490. The largest absolute Gasteiger partial charge is 0.389 e. The molecule has 2 N–H and O–H groups in total. The quantitative estimate of drug-likeness (QED) is 0.268. The number of carbonyl (C=O) groups is 2. The van der Waals surface area contributed by atoms with Gasteiger partial charge in [-0.3, -0.25) is 14.6 Å². The number of aromatic nitrogens is 4. The molecule has 2 atom stereocenters. The van der Waals surface area contributed by atoms with Gasteiger partial charge in [0.05, 0.1) is 42.2 Å². The van der Waals surface area contributed by atoms with Crippen molar-refractivity contribution >= 4 is 17.5 Å². The van der Waals surface area contributed by atoms with Gasteiger partial charge in [0.25, 0.3) is 5.91 Å². The topological polar surface area (TPSA) is 101 Å². The van der Waals surface area contributed by atoms with Crippen LogP contribution in [-0.4, -0.2) is 43.5 Å². The summed E-state index contributed by atoms with van der Waals surface area (Å²) in [6.07, 6.45) is 3.80. The van der Waals surface area contributed by atoms with Gasteiger partial charge in [0, 0.05) is 31.7 Å². The summed E-state index contributed by atoms with van der Waals surface area (Å²) in [5, 5.41) is 10.2. The molecule has 0 aromatic carbocycles. The molecule has 3 heterocycles. The highest BCUT2D eigenvalue weighted by atomic mass is 19.4. The summed E-state index contributed by atoms with van der Waals surface area (Å²) in [7, 11) is 0. The second-order valence-electron chi connectivity index (χ2n) is 12.2. The first-order chi connectivity index (χ1) is 20.4. The van der Waals surface area contributed by atoms with Gasteiger partial charge in [-0.1, -0.05) is 0 Å². The number of pyridine rings is 1. The van der Waals surface area contributed by atoms with Crippen LogP contribution in [-0.2, 0) is 4.79 Å². The lowest BCUT2D eigenvalue weighted by Crippen LogP contribution is -2.37. The number of nitrogens with one attached hydrogen (secondary N) is 2. The van der Waals surface area contributed by atoms with Gasteiger partial charge in [0.15, 0.2) is 5.65 Å². The van der Waals surface area contributed by atoms with Crippen molar-refractivity contribution in [2.45, 2.75) is 94.3 Å². The fraction of sp³-hybridized carbons (Fsp3) is 0.567. The van der Waals surface area contributed by atoms with Crippen molar-refractivity contribution in [1.82, 2.24) is 30.2 Å². The van der Waals surface area contributed by atoms with Crippen LogP contribution in [0.2, 0.25) is 0 Å². The van der Waals surface area contributed by atoms with E-state index in [1.54, 1.807) is 24.7 Å². The van der Waals surface area contributed by atoms with Gasteiger partial charge in [-0.25, -0.2) is 18.3 Å². The lowest BCUT2D eigenvalue weighted by atomic mass is 9.81. The van der Waals surface area contributed by atoms with Crippen molar-refractivity contribution < 1.29 is 31.5 Å². The van der Waals surface area contributed by atoms with Crippen LogP contribution in [0.15, 0.2) is 36.9 Å². The fourth-order valence-corrected chi connectivity index (χ4v) is 5.91. The molecule has 6 rings (SSSR count). The van der Waals surface area contributed by atoms with Gasteiger partial charge in [0.2, 0.25) is 11.8 Å². The monoisotopic (exact) mass is 604 g/mol. The Labute approximate surface area is 244 Å². The van der Waals surface area contributed by atoms with Gasteiger partial charge >= 0.3 is 6.18 Å². The van der Waals surface area contributed by atoms with Gasteiger partial charge in [0.1, 0.15) is 0 Å². The lowest BCUT2D eigenvalue weighted by molar-refractivity contribution is -0.144. The number of nitrogens with zero attached hydrogens (tertiary/aromatic N) is 4. The van der Waals surface area contributed by atoms with Crippen molar-refractivity contribution in [3.05, 3.63) is 59.3 Å². The minimum absolute atomic E-state index is 0.0875. The maximum atomic E-state index is 14.0. The normalized spacial score (nSPS) is 20.5. The average molecular weight is 605 g/mol. The Morgan fingerprint density at radius 2 is 1.67 bits per heavy atom. The molecule has 0 unspecified atom stereocenters. The first kappa shape index (κ1) is 29.4. The predicted molar refractivity (Wildman–Crippen MR) is 145 cm³/mol. The van der Waals surface area contributed by atoms with E-state index in [0.717, 1.165) is 31.2 Å². The van der Waals surface area contributed by atoms with E-state index in [0.29, 0.717) is 28.4 Å². The Kier molecular flexibility index (Phi) is 7.84. The molecule has 3 aromatic rings. The Hall–Kier alpha value is -3.64. The van der Waals surface area contributed by atoms with E-state index < -0.39 is 42.9 Å². The highest BCUT2D eigenvalue weighted by molar-refractivity contribution is 5.94. The maximum absolute atomic E-state index is 14.0. The molecule has 0 spiro atoms. The maximum Gasteiger partial charge on any atom is 0.389 e. The molecule has 3 saturated carbocycles. The van der Waals surface area contributed by atoms with E-state index in [-0.39, 0.29) is 43.4 Å². The molecule has 3 fully saturated rings. The molecular formula is C30H33F5N6O2. The van der Waals surface area contributed by atoms with Crippen LogP contribution in [0.25, 0.3) is 5.65 Å². The molecule has 3 aliphatic carbocycles. The highest BCUT2D eigenvalue weighted by Gasteiger charge is 2.40. The standard InChI is InChI=1S/C30H33F5N6O2/c31-29(32)8-5-19(6-9-29)27(40-28(43)22-11-20(13-36-14-22)17-1-2-17)23-16-41-24(38-23)12-21(15-37-41)26(18-3-4-18)39-25(42)7-10-30(33,34)35/h11-19,26-27H,1-10H2,(H,39,42)(H,40,43)/t26-,27+/m1/s1. The van der Waals surface area contributed by atoms with Gasteiger partial charge < -0.3 is 10.6 Å². The van der Waals surface area contributed by atoms with E-state index in [2.05, 4.69) is 20.7 Å². The van der Waals surface area contributed by atoms with Crippen LogP contribution in [0.4, 0.5) is 22.0 Å². The number of rotatable bonds is 10. The molecule has 0 aliphatic heterocycles. The zero-order valence-electron chi connectivity index (χ0n) is 23.4. The van der Waals surface area contributed by atoms with E-state index in [1.165, 1.54) is 10.7 Å². The van der Waals surface area contributed by atoms with Crippen LogP contribution < -0.4 is 10.6 Å². The van der Waals surface area contributed by atoms with E-state index >= 15 is 0 Å². The summed E-state index contributed by atoms with van der Waals surface area (Å²) >= 11 is 0. The third-order valence-electron chi connectivity index (χ3n) is 8.67. The number of halogens is 5. The van der Waals surface area contributed by atoms with Crippen molar-refractivity contribution in [3.8, 4) is 0 Å². The van der Waals surface area contributed by atoms with Crippen LogP contribution >= 0.6 is 0 Å². The van der Waals surface area contributed by atoms with Crippen molar-refractivity contribution in [3.63, 3.8) is 0 Å². The third kappa shape index (κ3) is 7.30. The number of amides is 2. The first-order valence-corrected chi connectivity index (χ1v) is 14.8. The van der Waals surface area contributed by atoms with Crippen LogP contribution in [0.1, 0.15) is 109 Å². The second-order valence-corrected chi connectivity index (χ2v) is 12.2. The molecule has 2 amide bonds. The van der Waals surface area contributed by atoms with E-state index in [9.17, 15) is 31.5 Å². The van der Waals surface area contributed by atoms with Crippen LogP contribution in [0.3, 0.4) is 0 Å². The molecule has 43 heavy (non-hydrogen) atoms. The second kappa shape index (κ2) is 11.5. The van der Waals surface area contributed by atoms with Gasteiger partial charge in [-0.05, 0) is 79.5 Å². The molecule has 0 saturated heterocycles. The summed E-state index contributed by atoms with van der Waals surface area (Å²) in [5.41, 5.74) is 2.90. The Morgan fingerprint density at radius 1 is 0.953 bits per heavy atom. The number of hydrogen-bond donors (Lipinski definition) is 2. The smallest absolute Gasteiger partial charge is 0.349 e. The van der Waals surface area contributed by atoms with E-state index in [4.69, 9.17) is 4.98 Å². The summed E-state index contributed by atoms with van der Waals surface area (Å²) in [5.74, 6) is -3.58. The average Bonchev–Trinajstić information content (AvgIpc) is 3.90. The Morgan fingerprint density at radius 3 is 2.35 bits per heavy atom. The van der Waals surface area contributed by atoms with Gasteiger partial charge in [-0.2, -0.15) is 18.3 Å². The molecular weight excluding hydrogens is 571 g/mol. The van der Waals surface area contributed by atoms with Gasteiger partial charge in [-0.15, -0.1) is 0 Å². The number of alkyl halides is 5. The number of hydrogen-bond acceptors (Lipinski definition) is 5. The summed E-state index contributed by atoms with van der Waals surface area (Å²) in [6.45, 7) is 0. The fourth-order valence-electron chi connectivity index (χ4n) is 5.91. The number of carbonyl (C=O) groups excluding carboxylic acids is 2. The zero-order chi connectivity index (χ0) is 30.4. The predicted octanol–water partition coefficient (Wildman–Crippen LogP) is 6.21. The molecule has 0 radical (unpaired) electrons. The summed E-state index contributed by atoms with van der Waals surface area (Å²) in [4.78, 5) is 34.7. The van der Waals surface area contributed by atoms with E-state index in [1.807, 2.05) is 6.07 Å². The van der Waals surface area contributed by atoms with Crippen molar-refractivity contribution in [1.29, 1.82) is 0 Å². The minimum atomic E-state index is -4.42. The minimum Gasteiger partial charge on any atom is -0.349 e. The summed E-state index contributed by atoms with van der Waals surface area (Å²) in [6, 6.07) is 2.39. The zero-order valence-corrected chi connectivity index (χ0v) is 23.4. The van der Waals surface area contributed by atoms with Crippen molar-refractivity contribution in [2.24, 2.45) is 11.8 Å². The van der Waals surface area contributed by atoms with Crippen LogP contribution in [0, 0.1) is 11.8 Å². The molecule has 3 aliphatic rings. The summed E-state index contributed by atoms with van der Waals surface area (Å²) < 4.78 is 67.5. The molecule has 13 heteroatoms.